The minimum Gasteiger partial charge on any atom is -0.492 e. The van der Waals surface area contributed by atoms with E-state index in [2.05, 4.69) is 10.6 Å². The number of hydrogen-bond acceptors (Lipinski definition) is 3. The highest BCUT2D eigenvalue weighted by Gasteiger charge is 2.55. The van der Waals surface area contributed by atoms with Gasteiger partial charge in [0.15, 0.2) is 0 Å². The Balaban J connectivity index is 2.11. The number of urea groups is 1. The molecule has 8 heteroatoms. The van der Waals surface area contributed by atoms with Gasteiger partial charge in [-0.1, -0.05) is 42.5 Å². The molecular weight excluding hydrogens is 349 g/mol. The third-order valence-corrected chi connectivity index (χ3v) is 3.66. The molecule has 0 aliphatic rings. The number of alkyl halides is 3. The van der Waals surface area contributed by atoms with E-state index < -0.39 is 24.4 Å². The number of rotatable bonds is 6. The fourth-order valence-corrected chi connectivity index (χ4v) is 2.31. The van der Waals surface area contributed by atoms with Crippen LogP contribution in [-0.4, -0.2) is 30.5 Å². The topological polar surface area (TPSA) is 70.6 Å². The van der Waals surface area contributed by atoms with Crippen molar-refractivity contribution in [2.75, 3.05) is 18.5 Å². The Morgan fingerprint density at radius 2 is 1.69 bits per heavy atom. The summed E-state index contributed by atoms with van der Waals surface area (Å²) in [6.07, 6.45) is -4.97. The van der Waals surface area contributed by atoms with Crippen LogP contribution in [0.5, 0.6) is 5.75 Å². The van der Waals surface area contributed by atoms with Crippen LogP contribution in [0.25, 0.3) is 0 Å². The Hall–Kier alpha value is -2.74. The molecule has 0 bridgehead atoms. The average Bonchev–Trinajstić information content (AvgIpc) is 2.61. The maximum absolute atomic E-state index is 13.4. The number of benzene rings is 2. The summed E-state index contributed by atoms with van der Waals surface area (Å²) in [6.45, 7) is 1.09. The van der Waals surface area contributed by atoms with E-state index in [9.17, 15) is 23.1 Å². The Bertz CT molecular complexity index is 738. The van der Waals surface area contributed by atoms with Gasteiger partial charge in [0.2, 0.25) is 5.60 Å². The van der Waals surface area contributed by atoms with Gasteiger partial charge in [0, 0.05) is 0 Å². The van der Waals surface area contributed by atoms with Gasteiger partial charge < -0.3 is 20.5 Å². The van der Waals surface area contributed by atoms with Gasteiger partial charge in [-0.2, -0.15) is 13.2 Å². The first-order chi connectivity index (χ1) is 12.3. The maximum atomic E-state index is 13.4. The van der Waals surface area contributed by atoms with Crippen molar-refractivity contribution >= 4 is 11.7 Å². The number of ether oxygens (including phenoxy) is 1. The normalized spacial score (nSPS) is 13.6. The number of hydrogen-bond donors (Lipinski definition) is 3. The van der Waals surface area contributed by atoms with Crippen molar-refractivity contribution in [2.45, 2.75) is 18.7 Å². The highest BCUT2D eigenvalue weighted by molar-refractivity contribution is 5.90. The van der Waals surface area contributed by atoms with Gasteiger partial charge >= 0.3 is 12.2 Å². The van der Waals surface area contributed by atoms with Crippen LogP contribution in [0.3, 0.4) is 0 Å². The van der Waals surface area contributed by atoms with Crippen LogP contribution in [0, 0.1) is 0 Å². The molecule has 0 fully saturated rings. The van der Waals surface area contributed by atoms with E-state index in [0.29, 0.717) is 18.0 Å². The Morgan fingerprint density at radius 3 is 2.31 bits per heavy atom. The van der Waals surface area contributed by atoms with Crippen LogP contribution in [-0.2, 0) is 5.60 Å². The summed E-state index contributed by atoms with van der Waals surface area (Å²) in [5.74, 6) is 0.388. The van der Waals surface area contributed by atoms with E-state index in [1.54, 1.807) is 31.2 Å². The first-order valence-electron chi connectivity index (χ1n) is 7.89. The first kappa shape index (κ1) is 19.6. The summed E-state index contributed by atoms with van der Waals surface area (Å²) in [5.41, 5.74) is -3.25. The minimum absolute atomic E-state index is 0.308. The molecule has 1 atom stereocenters. The molecule has 0 heterocycles. The molecule has 3 N–H and O–H groups in total. The van der Waals surface area contributed by atoms with Crippen molar-refractivity contribution in [3.8, 4) is 5.75 Å². The molecule has 0 aliphatic carbocycles. The lowest BCUT2D eigenvalue weighted by atomic mass is 9.93. The molecule has 2 aromatic carbocycles. The number of amides is 2. The van der Waals surface area contributed by atoms with E-state index in [0.717, 1.165) is 12.1 Å². The molecule has 0 spiro atoms. The largest absolute Gasteiger partial charge is 0.492 e. The van der Waals surface area contributed by atoms with Gasteiger partial charge in [0.05, 0.1) is 18.8 Å². The highest BCUT2D eigenvalue weighted by atomic mass is 19.4. The van der Waals surface area contributed by atoms with Crippen LogP contribution in [0.1, 0.15) is 12.5 Å². The number of nitrogens with one attached hydrogen (secondary N) is 2. The Morgan fingerprint density at radius 1 is 1.08 bits per heavy atom. The van der Waals surface area contributed by atoms with E-state index in [1.807, 2.05) is 0 Å². The lowest BCUT2D eigenvalue weighted by molar-refractivity contribution is -0.263. The van der Waals surface area contributed by atoms with Crippen LogP contribution < -0.4 is 15.4 Å². The van der Waals surface area contributed by atoms with Gasteiger partial charge in [0.25, 0.3) is 0 Å². The summed E-state index contributed by atoms with van der Waals surface area (Å²) in [6, 6.07) is 12.2. The fourth-order valence-electron chi connectivity index (χ4n) is 2.31. The quantitative estimate of drug-likeness (QED) is 0.729. The molecule has 0 radical (unpaired) electrons. The molecule has 140 valence electrons. The molecule has 2 amide bonds. The second kappa shape index (κ2) is 8.09. The third-order valence-electron chi connectivity index (χ3n) is 3.66. The molecule has 5 nitrogen and oxygen atoms in total. The second-order valence-electron chi connectivity index (χ2n) is 5.46. The number of para-hydroxylation sites is 2. The van der Waals surface area contributed by atoms with Crippen molar-refractivity contribution in [2.24, 2.45) is 0 Å². The Kier molecular flexibility index (Phi) is 6.10. The predicted molar refractivity (Wildman–Crippen MR) is 91.0 cm³/mol. The summed E-state index contributed by atoms with van der Waals surface area (Å²) >= 11 is 0. The fraction of sp³-hybridized carbons (Fsp3) is 0.278. The SMILES string of the molecule is CCOc1ccccc1NC(=O)NC[C@@](O)(c1ccccc1)C(F)(F)F. The van der Waals surface area contributed by atoms with Gasteiger partial charge in [-0.15, -0.1) is 0 Å². The second-order valence-corrected chi connectivity index (χ2v) is 5.46. The summed E-state index contributed by atoms with van der Waals surface area (Å²) in [7, 11) is 0. The zero-order valence-corrected chi connectivity index (χ0v) is 14.0. The molecule has 0 saturated heterocycles. The van der Waals surface area contributed by atoms with Crippen molar-refractivity contribution < 1.29 is 27.8 Å². The molecule has 2 rings (SSSR count). The van der Waals surface area contributed by atoms with Gasteiger partial charge in [-0.25, -0.2) is 4.79 Å². The van der Waals surface area contributed by atoms with Crippen molar-refractivity contribution in [3.05, 3.63) is 60.2 Å². The first-order valence-corrected chi connectivity index (χ1v) is 7.89. The number of anilines is 1. The summed E-state index contributed by atoms with van der Waals surface area (Å²) in [5, 5.41) is 14.7. The van der Waals surface area contributed by atoms with Gasteiger partial charge in [-0.05, 0) is 24.6 Å². The van der Waals surface area contributed by atoms with E-state index in [-0.39, 0.29) is 5.56 Å². The van der Waals surface area contributed by atoms with Gasteiger partial charge in [-0.3, -0.25) is 0 Å². The molecule has 0 unspecified atom stereocenters. The zero-order valence-electron chi connectivity index (χ0n) is 14.0. The average molecular weight is 368 g/mol. The highest BCUT2D eigenvalue weighted by Crippen LogP contribution is 2.38. The standard InChI is InChI=1S/C18H19F3N2O3/c1-2-26-15-11-7-6-10-14(15)23-16(24)22-12-17(25,18(19,20)21)13-8-4-3-5-9-13/h3-11,25H,2,12H2,1H3,(H2,22,23,24)/t17-/m1/s1. The van der Waals surface area contributed by atoms with Crippen LogP contribution >= 0.6 is 0 Å². The van der Waals surface area contributed by atoms with E-state index in [4.69, 9.17) is 4.74 Å². The lowest BCUT2D eigenvalue weighted by Crippen LogP contribution is -2.51. The van der Waals surface area contributed by atoms with E-state index >= 15 is 0 Å². The maximum Gasteiger partial charge on any atom is 0.423 e. The molecule has 0 saturated carbocycles. The van der Waals surface area contributed by atoms with E-state index in [1.165, 1.54) is 18.2 Å². The van der Waals surface area contributed by atoms with Crippen molar-refractivity contribution in [3.63, 3.8) is 0 Å². The summed E-state index contributed by atoms with van der Waals surface area (Å²) < 4.78 is 45.5. The zero-order chi connectivity index (χ0) is 19.2. The number of aliphatic hydroxyl groups is 1. The monoisotopic (exact) mass is 368 g/mol. The molecular formula is C18H19F3N2O3. The molecule has 0 aliphatic heterocycles. The van der Waals surface area contributed by atoms with Crippen molar-refractivity contribution in [1.82, 2.24) is 5.32 Å². The molecule has 2 aromatic rings. The smallest absolute Gasteiger partial charge is 0.423 e. The minimum atomic E-state index is -4.97. The third kappa shape index (κ3) is 4.45. The lowest BCUT2D eigenvalue weighted by Gasteiger charge is -2.31. The number of carbonyl (C=O) groups is 1. The number of halogens is 3. The van der Waals surface area contributed by atoms with Crippen LogP contribution in [0.2, 0.25) is 0 Å². The Labute approximate surface area is 148 Å². The summed E-state index contributed by atoms with van der Waals surface area (Å²) in [4.78, 5) is 12.0. The van der Waals surface area contributed by atoms with Crippen LogP contribution in [0.4, 0.5) is 23.7 Å². The van der Waals surface area contributed by atoms with Crippen LogP contribution in [0.15, 0.2) is 54.6 Å². The van der Waals surface area contributed by atoms with Gasteiger partial charge in [0.1, 0.15) is 5.75 Å². The molecule has 26 heavy (non-hydrogen) atoms. The van der Waals surface area contributed by atoms with Crippen molar-refractivity contribution in [1.29, 1.82) is 0 Å². The predicted octanol–water partition coefficient (Wildman–Crippen LogP) is 3.66. The molecule has 0 aromatic heterocycles. The number of carbonyl (C=O) groups excluding carboxylic acids is 1.